The topological polar surface area (TPSA) is 32.8 Å². The molecule has 0 radical (unpaired) electrons. The number of allylic oxidation sites excluding steroid dienone is 3. The summed E-state index contributed by atoms with van der Waals surface area (Å²) in [6, 6.07) is 0. The van der Waals surface area contributed by atoms with Gasteiger partial charge in [-0.1, -0.05) is 24.8 Å². The van der Waals surface area contributed by atoms with E-state index < -0.39 is 0 Å². The van der Waals surface area contributed by atoms with Gasteiger partial charge in [0.2, 0.25) is 0 Å². The number of hydrogen-bond donors (Lipinski definition) is 0. The molecule has 1 heterocycles. The van der Waals surface area contributed by atoms with E-state index in [2.05, 4.69) is 25.1 Å². The average molecular weight is 250 g/mol. The quantitative estimate of drug-likeness (QED) is 0.546. The number of nitrogens with zero attached hydrogens (tertiary/aromatic N) is 2. The molecule has 1 fully saturated rings. The standard InChI is InChI=1S/C14H22N2O2/c1-12(2)5-6-13(3)18-11-14(17)16-9-7-15(4)8-10-16/h5-6H,1,3,7-11H2,2,4H3/b6-5-. The summed E-state index contributed by atoms with van der Waals surface area (Å²) in [6.45, 7) is 12.8. The minimum Gasteiger partial charge on any atom is -0.484 e. The van der Waals surface area contributed by atoms with Gasteiger partial charge in [0.25, 0.3) is 5.91 Å². The van der Waals surface area contributed by atoms with Gasteiger partial charge in [0.1, 0.15) is 5.76 Å². The van der Waals surface area contributed by atoms with Crippen molar-refractivity contribution in [3.63, 3.8) is 0 Å². The second-order valence-corrected chi connectivity index (χ2v) is 4.62. The number of rotatable bonds is 5. The zero-order valence-corrected chi connectivity index (χ0v) is 11.3. The van der Waals surface area contributed by atoms with Crippen LogP contribution in [-0.4, -0.2) is 55.5 Å². The molecule has 1 aliphatic rings. The number of amides is 1. The summed E-state index contributed by atoms with van der Waals surface area (Å²) in [4.78, 5) is 15.9. The first-order valence-corrected chi connectivity index (χ1v) is 6.10. The summed E-state index contributed by atoms with van der Waals surface area (Å²) in [5.41, 5.74) is 0.921. The van der Waals surface area contributed by atoms with Crippen LogP contribution in [0, 0.1) is 0 Å². The van der Waals surface area contributed by atoms with E-state index in [9.17, 15) is 4.79 Å². The fourth-order valence-electron chi connectivity index (χ4n) is 1.58. The molecule has 18 heavy (non-hydrogen) atoms. The van der Waals surface area contributed by atoms with Crippen LogP contribution in [0.4, 0.5) is 0 Å². The summed E-state index contributed by atoms with van der Waals surface area (Å²) in [6.07, 6.45) is 3.53. The van der Waals surface area contributed by atoms with E-state index in [1.807, 2.05) is 17.9 Å². The molecular weight excluding hydrogens is 228 g/mol. The molecule has 0 unspecified atom stereocenters. The van der Waals surface area contributed by atoms with E-state index >= 15 is 0 Å². The molecule has 1 aliphatic heterocycles. The molecule has 0 bridgehead atoms. The lowest BCUT2D eigenvalue weighted by molar-refractivity contribution is -0.136. The van der Waals surface area contributed by atoms with Gasteiger partial charge in [-0.25, -0.2) is 0 Å². The first kappa shape index (κ1) is 14.5. The van der Waals surface area contributed by atoms with Crippen LogP contribution in [0.2, 0.25) is 0 Å². The predicted molar refractivity (Wildman–Crippen MR) is 73.1 cm³/mol. The van der Waals surface area contributed by atoms with Crippen molar-refractivity contribution in [1.82, 2.24) is 9.80 Å². The molecule has 4 heteroatoms. The molecule has 0 aromatic carbocycles. The Morgan fingerprint density at radius 3 is 2.39 bits per heavy atom. The molecule has 0 aliphatic carbocycles. The highest BCUT2D eigenvalue weighted by molar-refractivity contribution is 5.77. The highest BCUT2D eigenvalue weighted by Crippen LogP contribution is 2.03. The van der Waals surface area contributed by atoms with Crippen LogP contribution in [0.1, 0.15) is 6.92 Å². The number of piperazine rings is 1. The van der Waals surface area contributed by atoms with Gasteiger partial charge in [-0.15, -0.1) is 0 Å². The van der Waals surface area contributed by atoms with E-state index in [-0.39, 0.29) is 12.5 Å². The third kappa shape index (κ3) is 5.19. The summed E-state index contributed by atoms with van der Waals surface area (Å²) in [5.74, 6) is 0.508. The maximum Gasteiger partial charge on any atom is 0.260 e. The lowest BCUT2D eigenvalue weighted by atomic mass is 10.3. The van der Waals surface area contributed by atoms with Crippen molar-refractivity contribution >= 4 is 5.91 Å². The molecule has 0 atom stereocenters. The fourth-order valence-corrected chi connectivity index (χ4v) is 1.58. The van der Waals surface area contributed by atoms with Crippen LogP contribution >= 0.6 is 0 Å². The number of hydrogen-bond acceptors (Lipinski definition) is 3. The first-order chi connectivity index (χ1) is 8.49. The van der Waals surface area contributed by atoms with Crippen molar-refractivity contribution in [2.75, 3.05) is 39.8 Å². The third-order valence-electron chi connectivity index (χ3n) is 2.79. The molecule has 1 amide bonds. The minimum atomic E-state index is 0.0213. The van der Waals surface area contributed by atoms with Crippen molar-refractivity contribution in [3.05, 3.63) is 36.6 Å². The van der Waals surface area contributed by atoms with Crippen LogP contribution in [0.3, 0.4) is 0 Å². The lowest BCUT2D eigenvalue weighted by Crippen LogP contribution is -2.48. The molecule has 4 nitrogen and oxygen atoms in total. The van der Waals surface area contributed by atoms with Gasteiger partial charge in [0.15, 0.2) is 6.61 Å². The summed E-state index contributed by atoms with van der Waals surface area (Å²) in [5, 5.41) is 0. The normalized spacial score (nSPS) is 16.9. The van der Waals surface area contributed by atoms with Crippen molar-refractivity contribution in [2.45, 2.75) is 6.92 Å². The molecule has 0 aromatic rings. The molecular formula is C14H22N2O2. The minimum absolute atomic E-state index is 0.0213. The molecule has 0 spiro atoms. The highest BCUT2D eigenvalue weighted by Gasteiger charge is 2.18. The maximum atomic E-state index is 11.8. The number of carbonyl (C=O) groups excluding carboxylic acids is 1. The Balaban J connectivity index is 2.28. The molecule has 0 aromatic heterocycles. The van der Waals surface area contributed by atoms with Gasteiger partial charge in [0.05, 0.1) is 0 Å². The van der Waals surface area contributed by atoms with Gasteiger partial charge in [-0.2, -0.15) is 0 Å². The molecule has 1 rings (SSSR count). The van der Waals surface area contributed by atoms with E-state index in [1.54, 1.807) is 6.08 Å². The van der Waals surface area contributed by atoms with E-state index in [0.29, 0.717) is 5.76 Å². The predicted octanol–water partition coefficient (Wildman–Crippen LogP) is 1.42. The highest BCUT2D eigenvalue weighted by atomic mass is 16.5. The lowest BCUT2D eigenvalue weighted by Gasteiger charge is -2.32. The number of carbonyl (C=O) groups is 1. The van der Waals surface area contributed by atoms with Crippen molar-refractivity contribution in [3.8, 4) is 0 Å². The summed E-state index contributed by atoms with van der Waals surface area (Å²) >= 11 is 0. The Morgan fingerprint density at radius 1 is 1.22 bits per heavy atom. The Bertz CT molecular complexity index is 353. The molecule has 0 N–H and O–H groups in total. The molecule has 1 saturated heterocycles. The Hall–Kier alpha value is -1.55. The summed E-state index contributed by atoms with van der Waals surface area (Å²) in [7, 11) is 2.06. The van der Waals surface area contributed by atoms with Gasteiger partial charge in [-0.05, 0) is 20.0 Å². The average Bonchev–Trinajstić information content (AvgIpc) is 2.34. The van der Waals surface area contributed by atoms with Crippen LogP contribution in [0.5, 0.6) is 0 Å². The SMILES string of the molecule is C=C(C)/C=C\C(=C)OCC(=O)N1CCN(C)CC1. The first-order valence-electron chi connectivity index (χ1n) is 6.10. The van der Waals surface area contributed by atoms with Crippen LogP contribution < -0.4 is 0 Å². The van der Waals surface area contributed by atoms with Gasteiger partial charge in [0, 0.05) is 26.2 Å². The maximum absolute atomic E-state index is 11.8. The summed E-state index contributed by atoms with van der Waals surface area (Å²) < 4.78 is 5.31. The largest absolute Gasteiger partial charge is 0.484 e. The third-order valence-corrected chi connectivity index (χ3v) is 2.79. The molecule has 100 valence electrons. The van der Waals surface area contributed by atoms with Crippen molar-refractivity contribution in [1.29, 1.82) is 0 Å². The van der Waals surface area contributed by atoms with Gasteiger partial charge < -0.3 is 14.5 Å². The van der Waals surface area contributed by atoms with E-state index in [1.165, 1.54) is 0 Å². The monoisotopic (exact) mass is 250 g/mol. The van der Waals surface area contributed by atoms with E-state index in [4.69, 9.17) is 4.74 Å². The van der Waals surface area contributed by atoms with Crippen LogP contribution in [0.15, 0.2) is 36.6 Å². The second kappa shape index (κ2) is 7.01. The van der Waals surface area contributed by atoms with Gasteiger partial charge in [-0.3, -0.25) is 4.79 Å². The Labute approximate surface area is 109 Å². The molecule has 0 saturated carbocycles. The zero-order chi connectivity index (χ0) is 13.5. The van der Waals surface area contributed by atoms with E-state index in [0.717, 1.165) is 31.8 Å². The Kier molecular flexibility index (Phi) is 5.65. The smallest absolute Gasteiger partial charge is 0.260 e. The fraction of sp³-hybridized carbons (Fsp3) is 0.500. The van der Waals surface area contributed by atoms with Crippen LogP contribution in [-0.2, 0) is 9.53 Å². The second-order valence-electron chi connectivity index (χ2n) is 4.62. The zero-order valence-electron chi connectivity index (χ0n) is 11.3. The Morgan fingerprint density at radius 2 is 1.83 bits per heavy atom. The number of likely N-dealkylation sites (N-methyl/N-ethyl adjacent to an activating group) is 1. The van der Waals surface area contributed by atoms with Crippen molar-refractivity contribution in [2.24, 2.45) is 0 Å². The van der Waals surface area contributed by atoms with Crippen LogP contribution in [0.25, 0.3) is 0 Å². The van der Waals surface area contributed by atoms with Crippen molar-refractivity contribution < 1.29 is 9.53 Å². The number of ether oxygens (including phenoxy) is 1. The van der Waals surface area contributed by atoms with Gasteiger partial charge >= 0.3 is 0 Å².